The number of hydrogen-bond acceptors (Lipinski definition) is 4. The summed E-state index contributed by atoms with van der Waals surface area (Å²) in [5.74, 6) is 1.41. The first-order valence-electron chi connectivity index (χ1n) is 10.2. The monoisotopic (exact) mass is 400 g/mol. The SMILES string of the molecule is CN(C)C(=O)CSc1nnc(-c2ccc(C(C)(C)C)cc2)n1C1CCCCC1. The van der Waals surface area contributed by atoms with E-state index in [1.165, 1.54) is 36.6 Å². The van der Waals surface area contributed by atoms with Gasteiger partial charge in [0.2, 0.25) is 5.91 Å². The van der Waals surface area contributed by atoms with Crippen LogP contribution in [0.25, 0.3) is 11.4 Å². The van der Waals surface area contributed by atoms with Gasteiger partial charge in [0.05, 0.1) is 5.75 Å². The number of thioether (sulfide) groups is 1. The maximum Gasteiger partial charge on any atom is 0.232 e. The third-order valence-corrected chi connectivity index (χ3v) is 6.36. The first-order chi connectivity index (χ1) is 13.3. The summed E-state index contributed by atoms with van der Waals surface area (Å²) in [6.07, 6.45) is 6.09. The molecule has 1 saturated carbocycles. The number of rotatable bonds is 5. The first kappa shape index (κ1) is 20.9. The fourth-order valence-electron chi connectivity index (χ4n) is 3.62. The van der Waals surface area contributed by atoms with Gasteiger partial charge in [-0.2, -0.15) is 0 Å². The maximum atomic E-state index is 12.1. The molecule has 28 heavy (non-hydrogen) atoms. The Labute approximate surface area is 172 Å². The molecule has 152 valence electrons. The Balaban J connectivity index is 1.92. The zero-order valence-corrected chi connectivity index (χ0v) is 18.6. The fraction of sp³-hybridized carbons (Fsp3) is 0.591. The highest BCUT2D eigenvalue weighted by atomic mass is 32.2. The normalized spacial score (nSPS) is 15.6. The Morgan fingerprint density at radius 3 is 2.32 bits per heavy atom. The van der Waals surface area contributed by atoms with Crippen molar-refractivity contribution >= 4 is 17.7 Å². The molecule has 0 bridgehead atoms. The molecule has 3 rings (SSSR count). The first-order valence-corrected chi connectivity index (χ1v) is 11.1. The van der Waals surface area contributed by atoms with E-state index in [4.69, 9.17) is 0 Å². The topological polar surface area (TPSA) is 51.0 Å². The van der Waals surface area contributed by atoms with E-state index >= 15 is 0 Å². The van der Waals surface area contributed by atoms with Gasteiger partial charge in [-0.25, -0.2) is 0 Å². The molecule has 0 aliphatic heterocycles. The average Bonchev–Trinajstić information content (AvgIpc) is 3.10. The van der Waals surface area contributed by atoms with Crippen LogP contribution in [-0.4, -0.2) is 45.4 Å². The molecule has 0 saturated heterocycles. The van der Waals surface area contributed by atoms with Gasteiger partial charge >= 0.3 is 0 Å². The second-order valence-corrected chi connectivity index (χ2v) is 9.81. The summed E-state index contributed by atoms with van der Waals surface area (Å²) >= 11 is 1.50. The van der Waals surface area contributed by atoms with Crippen molar-refractivity contribution in [2.45, 2.75) is 69.5 Å². The molecule has 1 fully saturated rings. The number of aromatic nitrogens is 3. The van der Waals surface area contributed by atoms with Gasteiger partial charge in [0.15, 0.2) is 11.0 Å². The van der Waals surface area contributed by atoms with Crippen LogP contribution in [0.4, 0.5) is 0 Å². The van der Waals surface area contributed by atoms with Gasteiger partial charge in [0.25, 0.3) is 0 Å². The molecule has 1 amide bonds. The molecule has 1 heterocycles. The second kappa shape index (κ2) is 8.68. The van der Waals surface area contributed by atoms with E-state index in [9.17, 15) is 4.79 Å². The molecule has 6 heteroatoms. The van der Waals surface area contributed by atoms with Crippen molar-refractivity contribution in [1.82, 2.24) is 19.7 Å². The van der Waals surface area contributed by atoms with Crippen LogP contribution >= 0.6 is 11.8 Å². The third kappa shape index (κ3) is 4.77. The fourth-order valence-corrected chi connectivity index (χ4v) is 4.60. The number of carbonyl (C=O) groups excluding carboxylic acids is 1. The zero-order valence-electron chi connectivity index (χ0n) is 17.7. The van der Waals surface area contributed by atoms with E-state index in [2.05, 4.69) is 59.8 Å². The molecule has 0 atom stereocenters. The highest BCUT2D eigenvalue weighted by molar-refractivity contribution is 7.99. The lowest BCUT2D eigenvalue weighted by Gasteiger charge is -2.26. The Morgan fingerprint density at radius 2 is 1.75 bits per heavy atom. The van der Waals surface area contributed by atoms with E-state index in [1.807, 2.05) is 0 Å². The van der Waals surface area contributed by atoms with Crippen LogP contribution in [0.1, 0.15) is 64.5 Å². The smallest absolute Gasteiger partial charge is 0.232 e. The molecule has 0 radical (unpaired) electrons. The summed E-state index contributed by atoms with van der Waals surface area (Å²) < 4.78 is 2.29. The number of nitrogens with zero attached hydrogens (tertiary/aromatic N) is 4. The van der Waals surface area contributed by atoms with Crippen LogP contribution in [0.5, 0.6) is 0 Å². The quantitative estimate of drug-likeness (QED) is 0.668. The molecule has 1 aromatic heterocycles. The van der Waals surface area contributed by atoms with E-state index in [-0.39, 0.29) is 11.3 Å². The van der Waals surface area contributed by atoms with Crippen LogP contribution < -0.4 is 0 Å². The van der Waals surface area contributed by atoms with Gasteiger partial charge in [-0.1, -0.05) is 76.1 Å². The van der Waals surface area contributed by atoms with Crippen LogP contribution in [0, 0.1) is 0 Å². The van der Waals surface area contributed by atoms with Gasteiger partial charge in [-0.3, -0.25) is 9.36 Å². The van der Waals surface area contributed by atoms with Crippen LogP contribution in [0.3, 0.4) is 0 Å². The van der Waals surface area contributed by atoms with Crippen molar-refractivity contribution < 1.29 is 4.79 Å². The Kier molecular flexibility index (Phi) is 6.48. The molecule has 1 aliphatic carbocycles. The second-order valence-electron chi connectivity index (χ2n) is 8.87. The average molecular weight is 401 g/mol. The van der Waals surface area contributed by atoms with Crippen LogP contribution in [0.15, 0.2) is 29.4 Å². The van der Waals surface area contributed by atoms with E-state index in [0.717, 1.165) is 29.4 Å². The zero-order chi connectivity index (χ0) is 20.3. The molecular formula is C22H32N4OS. The Hall–Kier alpha value is -1.82. The molecule has 5 nitrogen and oxygen atoms in total. The van der Waals surface area contributed by atoms with Crippen molar-refractivity contribution in [3.8, 4) is 11.4 Å². The molecule has 1 aromatic carbocycles. The minimum Gasteiger partial charge on any atom is -0.348 e. The number of hydrogen-bond donors (Lipinski definition) is 0. The Bertz CT molecular complexity index is 799. The third-order valence-electron chi connectivity index (χ3n) is 5.44. The molecule has 2 aromatic rings. The van der Waals surface area contributed by atoms with Crippen molar-refractivity contribution in [1.29, 1.82) is 0 Å². The summed E-state index contributed by atoms with van der Waals surface area (Å²) in [6, 6.07) is 9.11. The number of amides is 1. The van der Waals surface area contributed by atoms with Crippen LogP contribution in [0.2, 0.25) is 0 Å². The minimum absolute atomic E-state index is 0.0966. The summed E-state index contributed by atoms with van der Waals surface area (Å²) in [6.45, 7) is 6.68. The molecule has 0 N–H and O–H groups in total. The number of carbonyl (C=O) groups is 1. The minimum atomic E-state index is 0.0966. The number of benzene rings is 1. The summed E-state index contributed by atoms with van der Waals surface area (Å²) in [5.41, 5.74) is 2.53. The maximum absolute atomic E-state index is 12.1. The summed E-state index contributed by atoms with van der Waals surface area (Å²) in [5, 5.41) is 9.88. The Morgan fingerprint density at radius 1 is 1.11 bits per heavy atom. The lowest BCUT2D eigenvalue weighted by atomic mass is 9.86. The molecule has 0 unspecified atom stereocenters. The van der Waals surface area contributed by atoms with Gasteiger partial charge in [-0.05, 0) is 23.8 Å². The lowest BCUT2D eigenvalue weighted by Crippen LogP contribution is -2.24. The molecule has 1 aliphatic rings. The van der Waals surface area contributed by atoms with E-state index in [0.29, 0.717) is 11.8 Å². The summed E-state index contributed by atoms with van der Waals surface area (Å²) in [7, 11) is 3.58. The van der Waals surface area contributed by atoms with Crippen molar-refractivity contribution in [3.05, 3.63) is 29.8 Å². The highest BCUT2D eigenvalue weighted by Crippen LogP contribution is 2.36. The molecular weight excluding hydrogens is 368 g/mol. The predicted octanol–water partition coefficient (Wildman–Crippen LogP) is 4.93. The standard InChI is InChI=1S/C22H32N4OS/c1-22(2,3)17-13-11-16(12-14-17)20-23-24-21(28-15-19(27)25(4)5)26(20)18-9-7-6-8-10-18/h11-14,18H,6-10,15H2,1-5H3. The van der Waals surface area contributed by atoms with Crippen molar-refractivity contribution in [2.24, 2.45) is 0 Å². The van der Waals surface area contributed by atoms with Crippen molar-refractivity contribution in [2.75, 3.05) is 19.8 Å². The van der Waals surface area contributed by atoms with E-state index < -0.39 is 0 Å². The largest absolute Gasteiger partial charge is 0.348 e. The van der Waals surface area contributed by atoms with Gasteiger partial charge in [0, 0.05) is 25.7 Å². The lowest BCUT2D eigenvalue weighted by molar-refractivity contribution is -0.125. The molecule has 0 spiro atoms. The summed E-state index contributed by atoms with van der Waals surface area (Å²) in [4.78, 5) is 13.7. The van der Waals surface area contributed by atoms with Crippen LogP contribution in [-0.2, 0) is 10.2 Å². The van der Waals surface area contributed by atoms with Gasteiger partial charge in [-0.15, -0.1) is 10.2 Å². The predicted molar refractivity (Wildman–Crippen MR) is 116 cm³/mol. The van der Waals surface area contributed by atoms with Gasteiger partial charge < -0.3 is 4.90 Å². The van der Waals surface area contributed by atoms with Gasteiger partial charge in [0.1, 0.15) is 0 Å². The van der Waals surface area contributed by atoms with E-state index in [1.54, 1.807) is 19.0 Å². The highest BCUT2D eigenvalue weighted by Gasteiger charge is 2.25. The van der Waals surface area contributed by atoms with Crippen molar-refractivity contribution in [3.63, 3.8) is 0 Å².